The molecule has 0 unspecified atom stereocenters. The highest BCUT2D eigenvalue weighted by molar-refractivity contribution is 6.33. The van der Waals surface area contributed by atoms with E-state index >= 15 is 0 Å². The van der Waals surface area contributed by atoms with Gasteiger partial charge in [-0.05, 0) is 24.6 Å². The van der Waals surface area contributed by atoms with Gasteiger partial charge in [0.15, 0.2) is 0 Å². The predicted octanol–water partition coefficient (Wildman–Crippen LogP) is 6.68. The van der Waals surface area contributed by atoms with Crippen LogP contribution in [0.3, 0.4) is 0 Å². The lowest BCUT2D eigenvalue weighted by Crippen LogP contribution is -2.11. The lowest BCUT2D eigenvalue weighted by molar-refractivity contribution is -0.116. The van der Waals surface area contributed by atoms with Gasteiger partial charge >= 0.3 is 5.97 Å². The Bertz CT molecular complexity index is 560. The van der Waals surface area contributed by atoms with E-state index in [1.54, 1.807) is 6.07 Å². The molecule has 0 saturated carbocycles. The number of carboxylic acid groups (broad SMARTS) is 1. The maximum absolute atomic E-state index is 11.9. The van der Waals surface area contributed by atoms with Crippen molar-refractivity contribution in [2.45, 2.75) is 84.0 Å². The molecule has 0 atom stereocenters. The average Bonchev–Trinajstić information content (AvgIpc) is 2.59. The zero-order valence-electron chi connectivity index (χ0n) is 15.9. The van der Waals surface area contributed by atoms with Gasteiger partial charge in [-0.15, -0.1) is 0 Å². The lowest BCUT2D eigenvalue weighted by Gasteiger charge is -2.07. The van der Waals surface area contributed by atoms with Crippen LogP contribution < -0.4 is 5.32 Å². The summed E-state index contributed by atoms with van der Waals surface area (Å²) in [4.78, 5) is 22.8. The molecule has 0 spiro atoms. The number of rotatable bonds is 14. The molecule has 0 aliphatic heterocycles. The summed E-state index contributed by atoms with van der Waals surface area (Å²) in [5.41, 5.74) is 0.572. The number of halogens is 1. The first kappa shape index (κ1) is 22.5. The SMILES string of the molecule is CCCCCCCCCCCCCC(=O)Nc1ccc(C(=O)O)c(Cl)c1. The largest absolute Gasteiger partial charge is 0.478 e. The fourth-order valence-corrected chi connectivity index (χ4v) is 3.20. The van der Waals surface area contributed by atoms with Crippen molar-refractivity contribution >= 4 is 29.2 Å². The normalized spacial score (nSPS) is 10.7. The van der Waals surface area contributed by atoms with E-state index in [1.165, 1.54) is 69.9 Å². The summed E-state index contributed by atoms with van der Waals surface area (Å²) in [5, 5.41) is 11.8. The minimum atomic E-state index is -1.08. The van der Waals surface area contributed by atoms with Crippen molar-refractivity contribution in [1.82, 2.24) is 0 Å². The fourth-order valence-electron chi connectivity index (χ4n) is 2.94. The van der Waals surface area contributed by atoms with Gasteiger partial charge in [-0.1, -0.05) is 82.7 Å². The van der Waals surface area contributed by atoms with E-state index in [0.29, 0.717) is 12.1 Å². The topological polar surface area (TPSA) is 66.4 Å². The Morgan fingerprint density at radius 1 is 0.923 bits per heavy atom. The molecule has 1 rings (SSSR count). The van der Waals surface area contributed by atoms with Crippen LogP contribution in [0.1, 0.15) is 94.3 Å². The zero-order valence-corrected chi connectivity index (χ0v) is 16.6. The molecule has 0 heterocycles. The van der Waals surface area contributed by atoms with Crippen LogP contribution >= 0.6 is 11.6 Å². The van der Waals surface area contributed by atoms with Gasteiger partial charge in [0, 0.05) is 12.1 Å². The predicted molar refractivity (Wildman–Crippen MR) is 108 cm³/mol. The quantitative estimate of drug-likeness (QED) is 0.353. The third kappa shape index (κ3) is 9.81. The number of aromatic carboxylic acids is 1. The second-order valence-corrected chi connectivity index (χ2v) is 7.24. The molecular weight excluding hydrogens is 350 g/mol. The number of amides is 1. The third-order valence-electron chi connectivity index (χ3n) is 4.49. The molecule has 0 fully saturated rings. The van der Waals surface area contributed by atoms with Crippen molar-refractivity contribution in [3.8, 4) is 0 Å². The average molecular weight is 382 g/mol. The smallest absolute Gasteiger partial charge is 0.337 e. The van der Waals surface area contributed by atoms with Crippen molar-refractivity contribution in [3.05, 3.63) is 28.8 Å². The van der Waals surface area contributed by atoms with E-state index in [4.69, 9.17) is 16.7 Å². The third-order valence-corrected chi connectivity index (χ3v) is 4.80. The number of benzene rings is 1. The maximum atomic E-state index is 11.9. The van der Waals surface area contributed by atoms with Crippen molar-refractivity contribution in [2.24, 2.45) is 0 Å². The van der Waals surface area contributed by atoms with E-state index in [2.05, 4.69) is 12.2 Å². The molecule has 0 saturated heterocycles. The second-order valence-electron chi connectivity index (χ2n) is 6.83. The number of carbonyl (C=O) groups is 2. The summed E-state index contributed by atoms with van der Waals surface area (Å²) in [6.07, 6.45) is 14.2. The summed E-state index contributed by atoms with van der Waals surface area (Å²) in [6.45, 7) is 2.24. The van der Waals surface area contributed by atoms with Crippen LogP contribution in [0.4, 0.5) is 5.69 Å². The molecule has 0 bridgehead atoms. The Hall–Kier alpha value is -1.55. The van der Waals surface area contributed by atoms with Gasteiger partial charge in [0.05, 0.1) is 10.6 Å². The van der Waals surface area contributed by atoms with Gasteiger partial charge in [0.25, 0.3) is 0 Å². The molecule has 26 heavy (non-hydrogen) atoms. The molecule has 1 aromatic rings. The molecule has 0 aromatic heterocycles. The number of nitrogens with one attached hydrogen (secondary N) is 1. The molecule has 1 aromatic carbocycles. The van der Waals surface area contributed by atoms with Crippen LogP contribution in [0, 0.1) is 0 Å². The van der Waals surface area contributed by atoms with Crippen molar-refractivity contribution in [3.63, 3.8) is 0 Å². The number of hydrogen-bond acceptors (Lipinski definition) is 2. The van der Waals surface area contributed by atoms with E-state index < -0.39 is 5.97 Å². The highest BCUT2D eigenvalue weighted by Crippen LogP contribution is 2.21. The molecule has 0 aliphatic carbocycles. The summed E-state index contributed by atoms with van der Waals surface area (Å²) >= 11 is 5.90. The van der Waals surface area contributed by atoms with Crippen LogP contribution in [0.5, 0.6) is 0 Å². The zero-order chi connectivity index (χ0) is 19.2. The van der Waals surface area contributed by atoms with E-state index in [-0.39, 0.29) is 16.5 Å². The van der Waals surface area contributed by atoms with Gasteiger partial charge in [0.2, 0.25) is 5.91 Å². The molecule has 146 valence electrons. The van der Waals surface area contributed by atoms with Crippen LogP contribution in [-0.2, 0) is 4.79 Å². The van der Waals surface area contributed by atoms with Crippen LogP contribution in [0.25, 0.3) is 0 Å². The maximum Gasteiger partial charge on any atom is 0.337 e. The summed E-state index contributed by atoms with van der Waals surface area (Å²) < 4.78 is 0. The van der Waals surface area contributed by atoms with Gasteiger partial charge in [-0.25, -0.2) is 4.79 Å². The monoisotopic (exact) mass is 381 g/mol. The first-order valence-electron chi connectivity index (χ1n) is 9.87. The molecule has 2 N–H and O–H groups in total. The van der Waals surface area contributed by atoms with Gasteiger partial charge in [-0.3, -0.25) is 4.79 Å². The Morgan fingerprint density at radius 3 is 1.96 bits per heavy atom. The first-order valence-corrected chi connectivity index (χ1v) is 10.2. The highest BCUT2D eigenvalue weighted by Gasteiger charge is 2.10. The lowest BCUT2D eigenvalue weighted by atomic mass is 10.1. The highest BCUT2D eigenvalue weighted by atomic mass is 35.5. The Kier molecular flexibility index (Phi) is 11.8. The second kappa shape index (κ2) is 13.6. The van der Waals surface area contributed by atoms with E-state index in [0.717, 1.165) is 12.8 Å². The molecule has 1 amide bonds. The molecule has 0 aliphatic rings. The van der Waals surface area contributed by atoms with Crippen LogP contribution in [0.15, 0.2) is 18.2 Å². The minimum Gasteiger partial charge on any atom is -0.478 e. The molecule has 5 heteroatoms. The number of hydrogen-bond donors (Lipinski definition) is 2. The van der Waals surface area contributed by atoms with E-state index in [9.17, 15) is 9.59 Å². The van der Waals surface area contributed by atoms with Crippen LogP contribution in [-0.4, -0.2) is 17.0 Å². The number of unbranched alkanes of at least 4 members (excludes halogenated alkanes) is 10. The Morgan fingerprint density at radius 2 is 1.46 bits per heavy atom. The summed E-state index contributed by atoms with van der Waals surface area (Å²) in [7, 11) is 0. The number of carbonyl (C=O) groups excluding carboxylic acids is 1. The van der Waals surface area contributed by atoms with Crippen LogP contribution in [0.2, 0.25) is 5.02 Å². The van der Waals surface area contributed by atoms with E-state index in [1.807, 2.05) is 0 Å². The number of carboxylic acids is 1. The van der Waals surface area contributed by atoms with Crippen molar-refractivity contribution in [2.75, 3.05) is 5.32 Å². The number of anilines is 1. The molecule has 4 nitrogen and oxygen atoms in total. The molecule has 0 radical (unpaired) electrons. The fraction of sp³-hybridized carbons (Fsp3) is 0.619. The summed E-state index contributed by atoms with van der Waals surface area (Å²) in [6, 6.07) is 4.44. The summed E-state index contributed by atoms with van der Waals surface area (Å²) in [5.74, 6) is -1.13. The van der Waals surface area contributed by atoms with Crippen molar-refractivity contribution in [1.29, 1.82) is 0 Å². The first-order chi connectivity index (χ1) is 12.5. The van der Waals surface area contributed by atoms with Gasteiger partial charge < -0.3 is 10.4 Å². The molecular formula is C21H32ClNO3. The minimum absolute atomic E-state index is 0.0371. The van der Waals surface area contributed by atoms with Gasteiger partial charge in [-0.2, -0.15) is 0 Å². The standard InChI is InChI=1S/C21H32ClNO3/c1-2-3-4-5-6-7-8-9-10-11-12-13-20(24)23-17-14-15-18(21(25)26)19(22)16-17/h14-16H,2-13H2,1H3,(H,23,24)(H,25,26). The van der Waals surface area contributed by atoms with Crippen molar-refractivity contribution < 1.29 is 14.7 Å². The Labute approximate surface area is 162 Å². The Balaban J connectivity index is 2.07. The van der Waals surface area contributed by atoms with Gasteiger partial charge in [0.1, 0.15) is 0 Å².